The Bertz CT molecular complexity index is 1050. The molecule has 0 aliphatic carbocycles. The van der Waals surface area contributed by atoms with Gasteiger partial charge >= 0.3 is 17.9 Å². The Morgan fingerprint density at radius 2 is 0.597 bits per heavy atom. The maximum Gasteiger partial charge on any atom is 0.306 e. The van der Waals surface area contributed by atoms with E-state index in [-0.39, 0.29) is 31.1 Å². The molecule has 0 heterocycles. The third kappa shape index (κ3) is 48.7. The second-order valence-corrected chi connectivity index (χ2v) is 18.2. The number of esters is 3. The highest BCUT2D eigenvalue weighted by molar-refractivity contribution is 5.71. The topological polar surface area (TPSA) is 78.9 Å². The Morgan fingerprint density at radius 3 is 0.968 bits per heavy atom. The minimum atomic E-state index is -0.786. The van der Waals surface area contributed by atoms with Crippen LogP contribution in [-0.2, 0) is 28.6 Å². The summed E-state index contributed by atoms with van der Waals surface area (Å²) < 4.78 is 16.8. The molecule has 1 atom stereocenters. The van der Waals surface area contributed by atoms with Crippen molar-refractivity contribution in [1.29, 1.82) is 0 Å². The van der Waals surface area contributed by atoms with Crippen LogP contribution in [0.1, 0.15) is 284 Å². The van der Waals surface area contributed by atoms with Crippen LogP contribution in [0.5, 0.6) is 0 Å². The Morgan fingerprint density at radius 1 is 0.323 bits per heavy atom. The maximum absolute atomic E-state index is 12.8. The van der Waals surface area contributed by atoms with Gasteiger partial charge in [-0.1, -0.05) is 250 Å². The van der Waals surface area contributed by atoms with E-state index in [1.807, 2.05) is 0 Å². The molecule has 0 aliphatic heterocycles. The van der Waals surface area contributed by atoms with Crippen molar-refractivity contribution in [1.82, 2.24) is 0 Å². The number of hydrogen-bond donors (Lipinski definition) is 0. The summed E-state index contributed by atoms with van der Waals surface area (Å²) in [6.07, 6.45) is 60.0. The molecule has 6 nitrogen and oxygen atoms in total. The fourth-order valence-corrected chi connectivity index (χ4v) is 7.81. The SMILES string of the molecule is CCCCCCCC/C=C\C/C=C\C/C=C\CCCC(=O)OCC(COC(=O)CCCCCCCCCCCC)OC(=O)CCCCCCCCCCCCCCCCCCC. The summed E-state index contributed by atoms with van der Waals surface area (Å²) in [6, 6.07) is 0. The molecule has 0 aromatic carbocycles. The lowest BCUT2D eigenvalue weighted by molar-refractivity contribution is -0.167. The molecule has 0 rings (SSSR count). The number of carbonyl (C=O) groups is 3. The zero-order valence-electron chi connectivity index (χ0n) is 41.4. The Labute approximate surface area is 385 Å². The van der Waals surface area contributed by atoms with E-state index in [1.165, 1.54) is 180 Å². The van der Waals surface area contributed by atoms with Gasteiger partial charge in [-0.15, -0.1) is 0 Å². The van der Waals surface area contributed by atoms with Gasteiger partial charge < -0.3 is 14.2 Å². The van der Waals surface area contributed by atoms with E-state index in [4.69, 9.17) is 14.2 Å². The second-order valence-electron chi connectivity index (χ2n) is 18.2. The molecule has 0 fully saturated rings. The van der Waals surface area contributed by atoms with Crippen molar-refractivity contribution in [3.05, 3.63) is 36.5 Å². The number of hydrogen-bond acceptors (Lipinski definition) is 6. The van der Waals surface area contributed by atoms with Crippen molar-refractivity contribution in [2.75, 3.05) is 13.2 Å². The summed E-state index contributed by atoms with van der Waals surface area (Å²) in [5, 5.41) is 0. The first kappa shape index (κ1) is 59.6. The quantitative estimate of drug-likeness (QED) is 0.0262. The number of rotatable bonds is 49. The Hall–Kier alpha value is -2.37. The molecule has 0 saturated heterocycles. The summed E-state index contributed by atoms with van der Waals surface area (Å²) in [5.74, 6) is -0.926. The molecule has 62 heavy (non-hydrogen) atoms. The van der Waals surface area contributed by atoms with E-state index in [0.29, 0.717) is 25.7 Å². The van der Waals surface area contributed by atoms with Gasteiger partial charge in [-0.05, 0) is 51.4 Å². The molecular weight excluding hydrogens is 769 g/mol. The highest BCUT2D eigenvalue weighted by Crippen LogP contribution is 2.16. The molecule has 6 heteroatoms. The van der Waals surface area contributed by atoms with Gasteiger partial charge in [0.05, 0.1) is 0 Å². The number of ether oxygens (including phenoxy) is 3. The molecule has 0 aliphatic rings. The molecule has 0 spiro atoms. The van der Waals surface area contributed by atoms with E-state index in [2.05, 4.69) is 57.2 Å². The Balaban J connectivity index is 4.37. The van der Waals surface area contributed by atoms with Crippen LogP contribution >= 0.6 is 0 Å². The first-order chi connectivity index (χ1) is 30.5. The van der Waals surface area contributed by atoms with Crippen molar-refractivity contribution < 1.29 is 28.6 Å². The fraction of sp³-hybridized carbons (Fsp3) is 0.839. The van der Waals surface area contributed by atoms with E-state index in [0.717, 1.165) is 57.8 Å². The molecular formula is C56H102O6. The van der Waals surface area contributed by atoms with E-state index in [9.17, 15) is 14.4 Å². The normalized spacial score (nSPS) is 12.2. The van der Waals surface area contributed by atoms with Crippen molar-refractivity contribution >= 4 is 17.9 Å². The summed E-state index contributed by atoms with van der Waals surface area (Å²) in [5.41, 5.74) is 0. The highest BCUT2D eigenvalue weighted by atomic mass is 16.6. The first-order valence-corrected chi connectivity index (χ1v) is 27.0. The molecule has 0 amide bonds. The van der Waals surface area contributed by atoms with Crippen molar-refractivity contribution in [2.24, 2.45) is 0 Å². The summed E-state index contributed by atoms with van der Waals surface area (Å²) in [6.45, 7) is 6.61. The van der Waals surface area contributed by atoms with Crippen molar-refractivity contribution in [3.63, 3.8) is 0 Å². The summed E-state index contributed by atoms with van der Waals surface area (Å²) in [4.78, 5) is 37.9. The molecule has 362 valence electrons. The molecule has 0 aromatic rings. The standard InChI is InChI=1S/C56H102O6/c1-4-7-10-13-16-19-22-24-26-28-30-32-34-37-40-43-46-49-55(58)61-52-53(51-60-54(57)48-45-42-39-36-21-18-15-12-9-6-3)62-56(59)50-47-44-41-38-35-33-31-29-27-25-23-20-17-14-11-8-5-2/h24,26,30,32,37,40,53H,4-23,25,27-29,31,33-36,38-39,41-52H2,1-3H3/b26-24-,32-30-,40-37-. The van der Waals surface area contributed by atoms with E-state index >= 15 is 0 Å². The summed E-state index contributed by atoms with van der Waals surface area (Å²) in [7, 11) is 0. The number of allylic oxidation sites excluding steroid dienone is 6. The number of unbranched alkanes of at least 4 members (excludes halogenated alkanes) is 32. The maximum atomic E-state index is 12.8. The minimum absolute atomic E-state index is 0.0835. The average molecular weight is 871 g/mol. The molecule has 0 N–H and O–H groups in total. The third-order valence-electron chi connectivity index (χ3n) is 11.9. The van der Waals surface area contributed by atoms with Gasteiger partial charge in [0, 0.05) is 19.3 Å². The lowest BCUT2D eigenvalue weighted by Gasteiger charge is -2.18. The van der Waals surface area contributed by atoms with Crippen LogP contribution in [0.25, 0.3) is 0 Å². The van der Waals surface area contributed by atoms with Crippen LogP contribution in [0.15, 0.2) is 36.5 Å². The fourth-order valence-electron chi connectivity index (χ4n) is 7.81. The monoisotopic (exact) mass is 871 g/mol. The molecule has 0 bridgehead atoms. The number of carbonyl (C=O) groups excluding carboxylic acids is 3. The van der Waals surface area contributed by atoms with Gasteiger partial charge in [0.25, 0.3) is 0 Å². The van der Waals surface area contributed by atoms with Crippen LogP contribution in [-0.4, -0.2) is 37.2 Å². The first-order valence-electron chi connectivity index (χ1n) is 27.0. The van der Waals surface area contributed by atoms with Gasteiger partial charge in [0.15, 0.2) is 6.10 Å². The van der Waals surface area contributed by atoms with Crippen molar-refractivity contribution in [2.45, 2.75) is 290 Å². The molecule has 0 saturated carbocycles. The Kier molecular flexibility index (Phi) is 49.3. The predicted molar refractivity (Wildman–Crippen MR) is 266 cm³/mol. The van der Waals surface area contributed by atoms with Gasteiger partial charge in [-0.3, -0.25) is 14.4 Å². The average Bonchev–Trinajstić information content (AvgIpc) is 3.27. The van der Waals surface area contributed by atoms with Gasteiger partial charge in [-0.25, -0.2) is 0 Å². The van der Waals surface area contributed by atoms with Gasteiger partial charge in [0.2, 0.25) is 0 Å². The van der Waals surface area contributed by atoms with Crippen LogP contribution in [0.2, 0.25) is 0 Å². The smallest absolute Gasteiger partial charge is 0.306 e. The van der Waals surface area contributed by atoms with Crippen LogP contribution in [0.4, 0.5) is 0 Å². The van der Waals surface area contributed by atoms with Crippen LogP contribution in [0.3, 0.4) is 0 Å². The molecule has 0 aromatic heterocycles. The largest absolute Gasteiger partial charge is 0.462 e. The van der Waals surface area contributed by atoms with Gasteiger partial charge in [-0.2, -0.15) is 0 Å². The molecule has 1 unspecified atom stereocenters. The van der Waals surface area contributed by atoms with Crippen molar-refractivity contribution in [3.8, 4) is 0 Å². The lowest BCUT2D eigenvalue weighted by Crippen LogP contribution is -2.30. The minimum Gasteiger partial charge on any atom is -0.462 e. The van der Waals surface area contributed by atoms with Crippen LogP contribution in [0, 0.1) is 0 Å². The zero-order chi connectivity index (χ0) is 45.1. The third-order valence-corrected chi connectivity index (χ3v) is 11.9. The van der Waals surface area contributed by atoms with Gasteiger partial charge in [0.1, 0.15) is 13.2 Å². The zero-order valence-corrected chi connectivity index (χ0v) is 41.4. The highest BCUT2D eigenvalue weighted by Gasteiger charge is 2.19. The lowest BCUT2D eigenvalue weighted by atomic mass is 10.0. The predicted octanol–water partition coefficient (Wildman–Crippen LogP) is 17.7. The van der Waals surface area contributed by atoms with Crippen LogP contribution < -0.4 is 0 Å². The van der Waals surface area contributed by atoms with E-state index in [1.54, 1.807) is 0 Å². The summed E-state index contributed by atoms with van der Waals surface area (Å²) >= 11 is 0. The van der Waals surface area contributed by atoms with E-state index < -0.39 is 6.10 Å². The molecule has 0 radical (unpaired) electrons. The second kappa shape index (κ2) is 51.3.